The van der Waals surface area contributed by atoms with Crippen LogP contribution >= 0.6 is 11.3 Å². The number of carbonyl (C=O) groups is 2. The number of hydrogen-bond acceptors (Lipinski definition) is 4. The molecule has 0 spiro atoms. The summed E-state index contributed by atoms with van der Waals surface area (Å²) < 4.78 is 0. The maximum atomic E-state index is 12.0. The third-order valence-electron chi connectivity index (χ3n) is 3.41. The number of amides is 2. The molecule has 1 fully saturated rings. The van der Waals surface area contributed by atoms with Gasteiger partial charge in [0.15, 0.2) is 0 Å². The number of nitrogen functional groups attached to an aromatic ring is 1. The van der Waals surface area contributed by atoms with Gasteiger partial charge in [0.2, 0.25) is 5.91 Å². The van der Waals surface area contributed by atoms with E-state index in [4.69, 9.17) is 5.84 Å². The molecule has 0 aromatic carbocycles. The highest BCUT2D eigenvalue weighted by Crippen LogP contribution is 2.24. The van der Waals surface area contributed by atoms with Crippen molar-refractivity contribution in [2.75, 3.05) is 6.54 Å². The minimum Gasteiger partial charge on any atom is -0.338 e. The van der Waals surface area contributed by atoms with Crippen LogP contribution in [0.4, 0.5) is 0 Å². The molecule has 3 N–H and O–H groups in total. The van der Waals surface area contributed by atoms with Crippen LogP contribution in [-0.2, 0) is 11.3 Å². The zero-order chi connectivity index (χ0) is 13.8. The molecule has 1 aliphatic rings. The Balaban J connectivity index is 2.11. The maximum Gasteiger partial charge on any atom is 0.275 e. The Labute approximate surface area is 116 Å². The lowest BCUT2D eigenvalue weighted by Crippen LogP contribution is -2.30. The van der Waals surface area contributed by atoms with Gasteiger partial charge in [0.1, 0.15) is 0 Å². The third-order valence-corrected chi connectivity index (χ3v) is 4.50. The van der Waals surface area contributed by atoms with Gasteiger partial charge in [-0.25, -0.2) is 5.84 Å². The van der Waals surface area contributed by atoms with Gasteiger partial charge in [-0.15, -0.1) is 11.3 Å². The van der Waals surface area contributed by atoms with Gasteiger partial charge in [0, 0.05) is 24.4 Å². The molecule has 6 heteroatoms. The fourth-order valence-electron chi connectivity index (χ4n) is 2.27. The second-order valence-corrected chi connectivity index (χ2v) is 6.05. The summed E-state index contributed by atoms with van der Waals surface area (Å²) in [5, 5.41) is 0. The molecule has 1 saturated heterocycles. The number of carbonyl (C=O) groups excluding carboxylic acids is 2. The SMILES string of the molecule is Cc1sc(C(=O)NN)cc1CN1CCCCCC1=O. The highest BCUT2D eigenvalue weighted by Gasteiger charge is 2.19. The fraction of sp³-hybridized carbons (Fsp3) is 0.538. The average Bonchev–Trinajstić information content (AvgIpc) is 2.64. The van der Waals surface area contributed by atoms with Crippen LogP contribution in [0.25, 0.3) is 0 Å². The van der Waals surface area contributed by atoms with Crippen LogP contribution < -0.4 is 11.3 Å². The van der Waals surface area contributed by atoms with Crippen molar-refractivity contribution in [2.45, 2.75) is 39.2 Å². The molecule has 1 aromatic heterocycles. The van der Waals surface area contributed by atoms with Crippen LogP contribution in [0.3, 0.4) is 0 Å². The number of nitrogens with zero attached hydrogens (tertiary/aromatic N) is 1. The normalized spacial score (nSPS) is 16.3. The van der Waals surface area contributed by atoms with E-state index in [1.807, 2.05) is 17.9 Å². The number of hydrazine groups is 1. The van der Waals surface area contributed by atoms with Gasteiger partial charge in [-0.2, -0.15) is 0 Å². The Morgan fingerprint density at radius 1 is 1.47 bits per heavy atom. The van der Waals surface area contributed by atoms with E-state index in [0.717, 1.165) is 36.2 Å². The van der Waals surface area contributed by atoms with Crippen molar-refractivity contribution >= 4 is 23.2 Å². The van der Waals surface area contributed by atoms with Crippen LogP contribution in [0, 0.1) is 6.92 Å². The molecule has 1 aliphatic heterocycles. The van der Waals surface area contributed by atoms with Gasteiger partial charge in [0.05, 0.1) is 4.88 Å². The Bertz CT molecular complexity index is 484. The molecule has 0 saturated carbocycles. The number of thiophene rings is 1. The van der Waals surface area contributed by atoms with E-state index in [1.165, 1.54) is 11.3 Å². The number of nitrogens with two attached hydrogens (primary N) is 1. The second-order valence-electron chi connectivity index (χ2n) is 4.79. The molecular formula is C13H19N3O2S. The van der Waals surface area contributed by atoms with Crippen LogP contribution in [0.5, 0.6) is 0 Å². The van der Waals surface area contributed by atoms with Gasteiger partial charge in [-0.1, -0.05) is 6.42 Å². The first-order valence-electron chi connectivity index (χ1n) is 6.50. The summed E-state index contributed by atoms with van der Waals surface area (Å²) in [6, 6.07) is 1.83. The monoisotopic (exact) mass is 281 g/mol. The fourth-order valence-corrected chi connectivity index (χ4v) is 3.21. The molecule has 2 rings (SSSR count). The predicted octanol–water partition coefficient (Wildman–Crippen LogP) is 1.56. The van der Waals surface area contributed by atoms with Crippen molar-refractivity contribution < 1.29 is 9.59 Å². The van der Waals surface area contributed by atoms with E-state index >= 15 is 0 Å². The van der Waals surface area contributed by atoms with E-state index in [-0.39, 0.29) is 11.8 Å². The molecule has 2 heterocycles. The van der Waals surface area contributed by atoms with Crippen molar-refractivity contribution in [1.29, 1.82) is 0 Å². The smallest absolute Gasteiger partial charge is 0.275 e. The standard InChI is InChI=1S/C13H19N3O2S/c1-9-10(7-11(19-9)13(18)15-14)8-16-6-4-2-3-5-12(16)17/h7H,2-6,8,14H2,1H3,(H,15,18). The summed E-state index contributed by atoms with van der Waals surface area (Å²) in [6.45, 7) is 3.38. The van der Waals surface area contributed by atoms with E-state index in [1.54, 1.807) is 0 Å². The lowest BCUT2D eigenvalue weighted by Gasteiger charge is -2.20. The summed E-state index contributed by atoms with van der Waals surface area (Å²) in [6.07, 6.45) is 3.80. The third kappa shape index (κ3) is 3.33. The number of hydrogen-bond donors (Lipinski definition) is 2. The summed E-state index contributed by atoms with van der Waals surface area (Å²) in [5.41, 5.74) is 3.18. The minimum absolute atomic E-state index is 0.216. The van der Waals surface area contributed by atoms with Gasteiger partial charge < -0.3 is 4.90 Å². The molecule has 0 radical (unpaired) electrons. The van der Waals surface area contributed by atoms with E-state index in [2.05, 4.69) is 5.43 Å². The molecule has 19 heavy (non-hydrogen) atoms. The van der Waals surface area contributed by atoms with Gasteiger partial charge in [-0.3, -0.25) is 15.0 Å². The quantitative estimate of drug-likeness (QED) is 0.501. The summed E-state index contributed by atoms with van der Waals surface area (Å²) in [7, 11) is 0. The molecule has 0 aliphatic carbocycles. The van der Waals surface area contributed by atoms with Gasteiger partial charge in [-0.05, 0) is 31.4 Å². The van der Waals surface area contributed by atoms with Crippen molar-refractivity contribution in [2.24, 2.45) is 5.84 Å². The van der Waals surface area contributed by atoms with Crippen LogP contribution in [0.2, 0.25) is 0 Å². The molecule has 0 bridgehead atoms. The Morgan fingerprint density at radius 2 is 2.26 bits per heavy atom. The number of nitrogens with one attached hydrogen (secondary N) is 1. The molecule has 5 nitrogen and oxygen atoms in total. The lowest BCUT2D eigenvalue weighted by atomic mass is 10.2. The van der Waals surface area contributed by atoms with Crippen molar-refractivity contribution in [3.63, 3.8) is 0 Å². The molecule has 0 unspecified atom stereocenters. The van der Waals surface area contributed by atoms with E-state index in [0.29, 0.717) is 17.8 Å². The topological polar surface area (TPSA) is 75.4 Å². The van der Waals surface area contributed by atoms with E-state index < -0.39 is 0 Å². The zero-order valence-corrected chi connectivity index (χ0v) is 11.9. The van der Waals surface area contributed by atoms with Crippen LogP contribution in [-0.4, -0.2) is 23.3 Å². The number of rotatable bonds is 3. The first-order chi connectivity index (χ1) is 9.11. The molecule has 2 amide bonds. The lowest BCUT2D eigenvalue weighted by molar-refractivity contribution is -0.131. The molecule has 104 valence electrons. The zero-order valence-electron chi connectivity index (χ0n) is 11.1. The highest BCUT2D eigenvalue weighted by molar-refractivity contribution is 7.14. The Kier molecular flexibility index (Phi) is 4.55. The van der Waals surface area contributed by atoms with Crippen molar-refractivity contribution in [3.05, 3.63) is 21.4 Å². The second kappa shape index (κ2) is 6.16. The largest absolute Gasteiger partial charge is 0.338 e. The maximum absolute atomic E-state index is 12.0. The van der Waals surface area contributed by atoms with Crippen LogP contribution in [0.1, 0.15) is 45.8 Å². The molecular weight excluding hydrogens is 262 g/mol. The summed E-state index contributed by atoms with van der Waals surface area (Å²) in [5.74, 6) is 5.07. The van der Waals surface area contributed by atoms with E-state index in [9.17, 15) is 9.59 Å². The molecule has 1 aromatic rings. The Hall–Kier alpha value is -1.40. The van der Waals surface area contributed by atoms with Crippen molar-refractivity contribution in [3.8, 4) is 0 Å². The summed E-state index contributed by atoms with van der Waals surface area (Å²) in [4.78, 5) is 27.0. The first kappa shape index (κ1) is 14.0. The number of aryl methyl sites for hydroxylation is 1. The van der Waals surface area contributed by atoms with Crippen molar-refractivity contribution in [1.82, 2.24) is 10.3 Å². The minimum atomic E-state index is -0.276. The van der Waals surface area contributed by atoms with Gasteiger partial charge >= 0.3 is 0 Å². The van der Waals surface area contributed by atoms with Crippen LogP contribution in [0.15, 0.2) is 6.07 Å². The van der Waals surface area contributed by atoms with Gasteiger partial charge in [0.25, 0.3) is 5.91 Å². The summed E-state index contributed by atoms with van der Waals surface area (Å²) >= 11 is 1.41. The predicted molar refractivity (Wildman–Crippen MR) is 74.6 cm³/mol. The molecule has 0 atom stereocenters. The number of likely N-dealkylation sites (tertiary alicyclic amines) is 1. The Morgan fingerprint density at radius 3 is 3.00 bits per heavy atom. The first-order valence-corrected chi connectivity index (χ1v) is 7.31. The average molecular weight is 281 g/mol. The highest BCUT2D eigenvalue weighted by atomic mass is 32.1.